The van der Waals surface area contributed by atoms with Gasteiger partial charge in [-0.15, -0.1) is 0 Å². The van der Waals surface area contributed by atoms with E-state index in [2.05, 4.69) is 61.5 Å². The van der Waals surface area contributed by atoms with Crippen molar-refractivity contribution in [3.05, 3.63) is 222 Å². The fraction of sp³-hybridized carbons (Fsp3) is 0.210. The zero-order valence-corrected chi connectivity index (χ0v) is 47.2. The number of halogens is 5. The van der Waals surface area contributed by atoms with Crippen LogP contribution in [0.1, 0.15) is 96.5 Å². The van der Waals surface area contributed by atoms with E-state index in [0.29, 0.717) is 39.5 Å². The third kappa shape index (κ3) is 12.2. The smallest absolute Gasteiger partial charge is 0.316 e. The van der Waals surface area contributed by atoms with Crippen molar-refractivity contribution in [3.8, 4) is 28.3 Å². The van der Waals surface area contributed by atoms with Gasteiger partial charge in [0.25, 0.3) is 11.8 Å². The first-order valence-corrected chi connectivity index (χ1v) is 27.3. The van der Waals surface area contributed by atoms with Crippen molar-refractivity contribution in [2.75, 3.05) is 19.7 Å². The van der Waals surface area contributed by atoms with Gasteiger partial charge in [0, 0.05) is 61.0 Å². The van der Waals surface area contributed by atoms with Crippen LogP contribution in [0.2, 0.25) is 20.1 Å². The van der Waals surface area contributed by atoms with Crippen molar-refractivity contribution in [1.82, 2.24) is 45.5 Å². The summed E-state index contributed by atoms with van der Waals surface area (Å²) in [5, 5.41) is 18.1. The van der Waals surface area contributed by atoms with Crippen molar-refractivity contribution in [1.29, 1.82) is 0 Å². The number of ether oxygens (including phenoxy) is 1. The highest BCUT2D eigenvalue weighted by atomic mass is 35.5. The van der Waals surface area contributed by atoms with Gasteiger partial charge in [0.2, 0.25) is 0 Å². The maximum Gasteiger partial charge on any atom is 0.316 e. The molecule has 0 bridgehead atoms. The van der Waals surface area contributed by atoms with E-state index in [1.54, 1.807) is 36.5 Å². The van der Waals surface area contributed by atoms with Gasteiger partial charge in [0.1, 0.15) is 24.4 Å². The highest BCUT2D eigenvalue weighted by Gasteiger charge is 2.30. The maximum absolute atomic E-state index is 15.7. The summed E-state index contributed by atoms with van der Waals surface area (Å²) in [5.41, 5.74) is 10.9. The molecular weight excluding hydrogens is 1100 g/mol. The molecule has 80 heavy (non-hydrogen) atoms. The minimum atomic E-state index is -1.70. The average Bonchev–Trinajstić information content (AvgIpc) is 4.10. The van der Waals surface area contributed by atoms with Crippen LogP contribution in [0.25, 0.3) is 44.3 Å². The fourth-order valence-electron chi connectivity index (χ4n) is 9.71. The third-order valence-electron chi connectivity index (χ3n) is 14.4. The number of pyridine rings is 1. The molecule has 2 amide bonds. The molecule has 406 valence electrons. The number of aromatic nitrogens is 7. The van der Waals surface area contributed by atoms with Crippen LogP contribution < -0.4 is 15.4 Å². The summed E-state index contributed by atoms with van der Waals surface area (Å²) >= 11 is 27.1. The minimum Gasteiger partial charge on any atom is -0.460 e. The molecule has 4 heterocycles. The van der Waals surface area contributed by atoms with Crippen LogP contribution in [0, 0.1) is 27.7 Å². The molecule has 5 N–H and O–H groups in total. The molecule has 0 saturated heterocycles. The number of carbonyl (C=O) groups excluding carboxylic acids is 2. The number of rotatable bonds is 18. The van der Waals surface area contributed by atoms with E-state index in [0.717, 1.165) is 55.4 Å². The van der Waals surface area contributed by atoms with E-state index in [9.17, 15) is 14.7 Å². The Bertz CT molecular complexity index is 3810. The molecule has 13 nitrogen and oxygen atoms in total. The van der Waals surface area contributed by atoms with Crippen LogP contribution in [-0.2, 0) is 5.60 Å². The van der Waals surface area contributed by atoms with E-state index in [-0.39, 0.29) is 68.6 Å². The standard InChI is InChI=1S/C62H54Cl4FN9O4/c1-33-16-51-52(17-34(33)2)74-57(73-51)45(37-12-8-6-9-13-37)30-69-59(77)55-47(63)21-39(22-48(55)64)41-20-43(29-68-26-41)62(5,79)25-44(67)32-80-61-71-27-42(28-72-61)40-23-49(65)56(50(66)24-40)60(78)70-31-46(38-14-10-7-11-15-38)58-75-53-18-35(3)36(4)19-54(53)76-58/h6-24,26-29,44-46,79H,25,30-32H2,1-5H3,(H,69,77)(H,70,78)(H,73,74)(H,75,76). The Morgan fingerprint density at radius 3 is 1.50 bits per heavy atom. The number of benzene rings is 6. The summed E-state index contributed by atoms with van der Waals surface area (Å²) in [6, 6.07) is 35.7. The van der Waals surface area contributed by atoms with E-state index in [4.69, 9.17) is 61.1 Å². The number of hydrogen-bond donors (Lipinski definition) is 5. The van der Waals surface area contributed by atoms with Crippen molar-refractivity contribution in [2.45, 2.75) is 64.6 Å². The molecule has 0 aliphatic carbocycles. The summed E-state index contributed by atoms with van der Waals surface area (Å²) in [4.78, 5) is 57.1. The third-order valence-corrected chi connectivity index (χ3v) is 15.6. The molecule has 6 aromatic carbocycles. The Morgan fingerprint density at radius 2 is 1.04 bits per heavy atom. The van der Waals surface area contributed by atoms with Crippen molar-refractivity contribution >= 4 is 80.3 Å². The lowest BCUT2D eigenvalue weighted by Gasteiger charge is -2.25. The Morgan fingerprint density at radius 1 is 0.600 bits per heavy atom. The number of amides is 2. The monoisotopic (exact) mass is 1150 g/mol. The molecule has 0 fully saturated rings. The zero-order chi connectivity index (χ0) is 56.4. The predicted molar refractivity (Wildman–Crippen MR) is 314 cm³/mol. The van der Waals surface area contributed by atoms with Crippen LogP contribution in [-0.4, -0.2) is 77.7 Å². The van der Waals surface area contributed by atoms with Crippen LogP contribution >= 0.6 is 46.4 Å². The number of H-pyrrole nitrogens is 2. The zero-order valence-electron chi connectivity index (χ0n) is 44.1. The molecule has 0 aliphatic heterocycles. The number of nitrogens with zero attached hydrogens (tertiary/aromatic N) is 5. The summed E-state index contributed by atoms with van der Waals surface area (Å²) in [7, 11) is 0. The van der Waals surface area contributed by atoms with Gasteiger partial charge in [0.15, 0.2) is 0 Å². The lowest BCUT2D eigenvalue weighted by atomic mass is 9.90. The first-order valence-electron chi connectivity index (χ1n) is 25.7. The first kappa shape index (κ1) is 55.6. The number of alkyl halides is 1. The normalized spacial score (nSPS) is 13.4. The lowest BCUT2D eigenvalue weighted by Crippen LogP contribution is -2.30. The van der Waals surface area contributed by atoms with E-state index in [1.165, 1.54) is 25.5 Å². The molecule has 0 aliphatic rings. The predicted octanol–water partition coefficient (Wildman–Crippen LogP) is 13.9. The van der Waals surface area contributed by atoms with Crippen molar-refractivity contribution < 1.29 is 23.8 Å². The van der Waals surface area contributed by atoms with E-state index in [1.807, 2.05) is 86.6 Å². The van der Waals surface area contributed by atoms with Gasteiger partial charge in [-0.25, -0.2) is 24.3 Å². The number of imidazole rings is 2. The molecule has 18 heteroatoms. The van der Waals surface area contributed by atoms with Crippen LogP contribution in [0.4, 0.5) is 4.39 Å². The van der Waals surface area contributed by atoms with Crippen LogP contribution in [0.5, 0.6) is 6.01 Å². The number of nitrogens with one attached hydrogen (secondary N) is 4. The van der Waals surface area contributed by atoms with Gasteiger partial charge >= 0.3 is 6.01 Å². The topological polar surface area (TPSA) is 184 Å². The fourth-order valence-corrected chi connectivity index (χ4v) is 11.0. The SMILES string of the molecule is Cc1cc2nc(C(CNC(=O)c3c(Cl)cc(-c4cnc(OCC(F)CC(C)(O)c5cncc(-c6cc(Cl)c(C(=O)NCC(c7ccccc7)c7nc8cc(C)c(C)cc8[nH]7)c(Cl)c6)c5)nc4)cc3Cl)c3ccccc3)[nH]c2cc1C. The van der Waals surface area contributed by atoms with Gasteiger partial charge < -0.3 is 30.4 Å². The summed E-state index contributed by atoms with van der Waals surface area (Å²) in [6.45, 7) is 9.61. The molecule has 0 spiro atoms. The van der Waals surface area contributed by atoms with Gasteiger partial charge in [0.05, 0.1) is 70.7 Å². The Hall–Kier alpha value is -7.72. The molecule has 0 saturated carbocycles. The molecule has 4 unspecified atom stereocenters. The van der Waals surface area contributed by atoms with E-state index < -0.39 is 30.2 Å². The number of aryl methyl sites for hydroxylation is 4. The Kier molecular flexibility index (Phi) is 16.4. The number of carbonyl (C=O) groups is 2. The van der Waals surface area contributed by atoms with E-state index >= 15 is 4.39 Å². The maximum atomic E-state index is 15.7. The highest BCUT2D eigenvalue weighted by molar-refractivity contribution is 6.41. The molecule has 10 aromatic rings. The molecule has 4 atom stereocenters. The van der Waals surface area contributed by atoms with Crippen LogP contribution in [0.15, 0.2) is 140 Å². The largest absolute Gasteiger partial charge is 0.460 e. The van der Waals surface area contributed by atoms with Crippen molar-refractivity contribution in [2.24, 2.45) is 0 Å². The second-order valence-corrected chi connectivity index (χ2v) is 21.9. The summed E-state index contributed by atoms with van der Waals surface area (Å²) < 4.78 is 21.3. The second-order valence-electron chi connectivity index (χ2n) is 20.2. The molecular formula is C62H54Cl4FN9O4. The minimum absolute atomic E-state index is 0.0917. The second kappa shape index (κ2) is 23.5. The van der Waals surface area contributed by atoms with Gasteiger partial charge in [-0.3, -0.25) is 14.6 Å². The Labute approximate surface area is 481 Å². The van der Waals surface area contributed by atoms with Gasteiger partial charge in [-0.2, -0.15) is 0 Å². The van der Waals surface area contributed by atoms with Gasteiger partial charge in [-0.1, -0.05) is 107 Å². The van der Waals surface area contributed by atoms with Crippen LogP contribution in [0.3, 0.4) is 0 Å². The number of aromatic amines is 2. The first-order chi connectivity index (χ1) is 38.4. The molecule has 10 rings (SSSR count). The lowest BCUT2D eigenvalue weighted by molar-refractivity contribution is 0.0114. The number of fused-ring (bicyclic) bond motifs is 2. The Balaban J connectivity index is 0.750. The molecule has 4 aromatic heterocycles. The molecule has 0 radical (unpaired) electrons. The average molecular weight is 1150 g/mol. The summed E-state index contributed by atoms with van der Waals surface area (Å²) in [6.07, 6.45) is 3.91. The quantitative estimate of drug-likeness (QED) is 0.0558. The number of hydrogen-bond acceptors (Lipinski definition) is 9. The van der Waals surface area contributed by atoms with Crippen molar-refractivity contribution in [3.63, 3.8) is 0 Å². The summed E-state index contributed by atoms with van der Waals surface area (Å²) in [5.74, 6) is -0.119. The highest BCUT2D eigenvalue weighted by Crippen LogP contribution is 2.37. The number of aliphatic hydroxyl groups is 1. The van der Waals surface area contributed by atoms with Gasteiger partial charge in [-0.05, 0) is 134 Å².